The highest BCUT2D eigenvalue weighted by molar-refractivity contribution is 7.80. The van der Waals surface area contributed by atoms with Crippen LogP contribution in [-0.2, 0) is 0 Å². The summed E-state index contributed by atoms with van der Waals surface area (Å²) in [6.07, 6.45) is 1.64. The zero-order valence-corrected chi connectivity index (χ0v) is 19.1. The van der Waals surface area contributed by atoms with Crippen LogP contribution in [0.15, 0.2) is 77.3 Å². The first-order valence-corrected chi connectivity index (χ1v) is 11.0. The van der Waals surface area contributed by atoms with Crippen molar-refractivity contribution >= 4 is 74.1 Å². The molecule has 0 fully saturated rings. The Balaban J connectivity index is 1.37. The molecule has 2 heterocycles. The average molecular weight is 493 g/mol. The van der Waals surface area contributed by atoms with Crippen molar-refractivity contribution in [2.24, 2.45) is 0 Å². The number of amides is 1. The molecule has 2 N–H and O–H groups in total. The number of anilines is 1. The van der Waals surface area contributed by atoms with Gasteiger partial charge in [0.05, 0.1) is 10.6 Å². The maximum atomic E-state index is 12.9. The van der Waals surface area contributed by atoms with E-state index in [2.05, 4.69) is 20.6 Å². The first kappa shape index (κ1) is 21.3. The van der Waals surface area contributed by atoms with Crippen molar-refractivity contribution in [2.45, 2.75) is 0 Å². The first-order chi connectivity index (χ1) is 16.0. The van der Waals surface area contributed by atoms with E-state index in [4.69, 9.17) is 39.8 Å². The predicted octanol–water partition coefficient (Wildman–Crippen LogP) is 6.48. The molecule has 0 aliphatic carbocycles. The minimum atomic E-state index is -0.348. The molecule has 1 amide bonds. The molecule has 5 aromatic rings. The van der Waals surface area contributed by atoms with Crippen LogP contribution in [0.3, 0.4) is 0 Å². The number of rotatable bonds is 3. The molecule has 0 aliphatic rings. The minimum absolute atomic E-state index is 0.131. The summed E-state index contributed by atoms with van der Waals surface area (Å²) in [7, 11) is 0. The van der Waals surface area contributed by atoms with Crippen LogP contribution >= 0.6 is 35.4 Å². The van der Waals surface area contributed by atoms with E-state index in [1.54, 1.807) is 60.8 Å². The van der Waals surface area contributed by atoms with Crippen LogP contribution < -0.4 is 10.6 Å². The lowest BCUT2D eigenvalue weighted by Crippen LogP contribution is -2.34. The highest BCUT2D eigenvalue weighted by atomic mass is 35.5. The molecule has 0 saturated carbocycles. The fraction of sp³-hybridized carbons (Fsp3) is 0. The molecular weight excluding hydrogens is 479 g/mol. The van der Waals surface area contributed by atoms with Gasteiger partial charge in [0.1, 0.15) is 0 Å². The fourth-order valence-electron chi connectivity index (χ4n) is 3.45. The number of nitrogens with zero attached hydrogens (tertiary/aromatic N) is 2. The van der Waals surface area contributed by atoms with E-state index in [0.717, 1.165) is 10.8 Å². The molecule has 0 bridgehead atoms. The first-order valence-electron chi connectivity index (χ1n) is 9.80. The summed E-state index contributed by atoms with van der Waals surface area (Å²) in [5.41, 5.74) is 2.68. The Morgan fingerprint density at radius 3 is 2.61 bits per heavy atom. The van der Waals surface area contributed by atoms with Crippen LogP contribution in [0.1, 0.15) is 10.4 Å². The number of hydrogen-bond acceptors (Lipinski definition) is 5. The Labute approximate surface area is 203 Å². The van der Waals surface area contributed by atoms with Gasteiger partial charge < -0.3 is 9.73 Å². The lowest BCUT2D eigenvalue weighted by atomic mass is 10.0. The van der Waals surface area contributed by atoms with Gasteiger partial charge in [-0.1, -0.05) is 47.5 Å². The third kappa shape index (κ3) is 4.26. The van der Waals surface area contributed by atoms with Crippen molar-refractivity contribution in [2.75, 3.05) is 5.32 Å². The number of benzene rings is 3. The SMILES string of the molecule is O=C(NC(=S)Nc1ccc(Cl)c(-c2nc3ncccc3o2)c1)c1cccc2c(Cl)cccc12. The van der Waals surface area contributed by atoms with Crippen LogP contribution in [0.25, 0.3) is 33.5 Å². The molecule has 2 aromatic heterocycles. The third-order valence-electron chi connectivity index (χ3n) is 4.96. The topological polar surface area (TPSA) is 80.0 Å². The van der Waals surface area contributed by atoms with Crippen molar-refractivity contribution in [3.63, 3.8) is 0 Å². The summed E-state index contributed by atoms with van der Waals surface area (Å²) in [6.45, 7) is 0. The third-order valence-corrected chi connectivity index (χ3v) is 5.82. The molecule has 0 atom stereocenters. The van der Waals surface area contributed by atoms with Crippen LogP contribution in [0.4, 0.5) is 5.69 Å². The average Bonchev–Trinajstić information content (AvgIpc) is 3.24. The molecule has 5 rings (SSSR count). The van der Waals surface area contributed by atoms with E-state index in [9.17, 15) is 4.79 Å². The lowest BCUT2D eigenvalue weighted by Gasteiger charge is -2.12. The van der Waals surface area contributed by atoms with Gasteiger partial charge in [0.25, 0.3) is 5.91 Å². The molecule has 0 aliphatic heterocycles. The molecule has 0 spiro atoms. The molecule has 162 valence electrons. The number of oxazole rings is 1. The van der Waals surface area contributed by atoms with E-state index in [1.165, 1.54) is 0 Å². The zero-order valence-electron chi connectivity index (χ0n) is 16.8. The van der Waals surface area contributed by atoms with E-state index in [1.807, 2.05) is 12.1 Å². The predicted molar refractivity (Wildman–Crippen MR) is 135 cm³/mol. The largest absolute Gasteiger partial charge is 0.434 e. The molecule has 0 saturated heterocycles. The number of carbonyl (C=O) groups excluding carboxylic acids is 1. The van der Waals surface area contributed by atoms with Gasteiger partial charge in [0.15, 0.2) is 16.3 Å². The van der Waals surface area contributed by atoms with Crippen LogP contribution in [0.5, 0.6) is 0 Å². The Morgan fingerprint density at radius 2 is 1.76 bits per heavy atom. The van der Waals surface area contributed by atoms with Gasteiger partial charge in [-0.15, -0.1) is 0 Å². The molecule has 0 unspecified atom stereocenters. The number of pyridine rings is 1. The van der Waals surface area contributed by atoms with Crippen molar-refractivity contribution in [3.05, 3.63) is 88.5 Å². The molecule has 33 heavy (non-hydrogen) atoms. The highest BCUT2D eigenvalue weighted by Gasteiger charge is 2.15. The number of fused-ring (bicyclic) bond motifs is 2. The summed E-state index contributed by atoms with van der Waals surface area (Å²) in [4.78, 5) is 21.4. The van der Waals surface area contributed by atoms with Gasteiger partial charge in [-0.2, -0.15) is 4.98 Å². The van der Waals surface area contributed by atoms with Gasteiger partial charge in [0, 0.05) is 27.9 Å². The van der Waals surface area contributed by atoms with E-state index in [-0.39, 0.29) is 11.0 Å². The summed E-state index contributed by atoms with van der Waals surface area (Å²) in [5, 5.41) is 8.40. The number of nitrogens with one attached hydrogen (secondary N) is 2. The quantitative estimate of drug-likeness (QED) is 0.280. The summed E-state index contributed by atoms with van der Waals surface area (Å²) in [6, 6.07) is 19.5. The standard InChI is InChI=1S/C24H14Cl2N4O2S/c25-18-7-2-4-14-15(18)5-1-6-16(14)22(31)30-24(33)28-13-9-10-19(26)17(12-13)23-29-21-20(32-23)8-3-11-27-21/h1-12H,(H2,28,30,31,33). The van der Waals surface area contributed by atoms with Crippen molar-refractivity contribution in [3.8, 4) is 11.5 Å². The summed E-state index contributed by atoms with van der Waals surface area (Å²) >= 11 is 18.0. The number of hydrogen-bond donors (Lipinski definition) is 2. The Bertz CT molecular complexity index is 1520. The molecule has 0 radical (unpaired) electrons. The van der Waals surface area contributed by atoms with Gasteiger partial charge in [-0.25, -0.2) is 4.98 Å². The Hall–Kier alpha value is -3.52. The van der Waals surface area contributed by atoms with Crippen LogP contribution in [0.2, 0.25) is 10.0 Å². The van der Waals surface area contributed by atoms with Crippen LogP contribution in [-0.4, -0.2) is 21.0 Å². The van der Waals surface area contributed by atoms with Gasteiger partial charge >= 0.3 is 0 Å². The molecule has 9 heteroatoms. The Morgan fingerprint density at radius 1 is 0.939 bits per heavy atom. The van der Waals surface area contributed by atoms with Gasteiger partial charge in [-0.05, 0) is 60.1 Å². The fourth-order valence-corrected chi connectivity index (χ4v) is 4.10. The number of halogens is 2. The number of thiocarbonyl (C=S) groups is 1. The van der Waals surface area contributed by atoms with Gasteiger partial charge in [0.2, 0.25) is 5.89 Å². The van der Waals surface area contributed by atoms with Crippen molar-refractivity contribution in [1.29, 1.82) is 0 Å². The van der Waals surface area contributed by atoms with Crippen molar-refractivity contribution < 1.29 is 9.21 Å². The zero-order chi connectivity index (χ0) is 22.9. The molecule has 6 nitrogen and oxygen atoms in total. The second-order valence-electron chi connectivity index (χ2n) is 7.09. The second-order valence-corrected chi connectivity index (χ2v) is 8.31. The van der Waals surface area contributed by atoms with E-state index >= 15 is 0 Å². The Kier molecular flexibility index (Phi) is 5.68. The highest BCUT2D eigenvalue weighted by Crippen LogP contribution is 2.32. The van der Waals surface area contributed by atoms with Gasteiger partial charge in [-0.3, -0.25) is 10.1 Å². The maximum absolute atomic E-state index is 12.9. The van der Waals surface area contributed by atoms with Crippen molar-refractivity contribution in [1.82, 2.24) is 15.3 Å². The van der Waals surface area contributed by atoms with E-state index in [0.29, 0.717) is 44.0 Å². The monoisotopic (exact) mass is 492 g/mol. The number of aromatic nitrogens is 2. The lowest BCUT2D eigenvalue weighted by molar-refractivity contribution is 0.0979. The van der Waals surface area contributed by atoms with E-state index < -0.39 is 0 Å². The second kappa shape index (κ2) is 8.78. The maximum Gasteiger partial charge on any atom is 0.258 e. The molecular formula is C24H14Cl2N4O2S. The normalized spacial score (nSPS) is 11.0. The summed E-state index contributed by atoms with van der Waals surface area (Å²) < 4.78 is 5.77. The minimum Gasteiger partial charge on any atom is -0.434 e. The smallest absolute Gasteiger partial charge is 0.258 e. The molecule has 3 aromatic carbocycles. The summed E-state index contributed by atoms with van der Waals surface area (Å²) in [5.74, 6) is -0.0143. The van der Waals surface area contributed by atoms with Crippen LogP contribution in [0, 0.1) is 0 Å². The number of carbonyl (C=O) groups is 1.